The number of hydrogen-bond donors (Lipinski definition) is 1. The molecule has 0 spiro atoms. The van der Waals surface area contributed by atoms with Crippen LogP contribution in [0.3, 0.4) is 0 Å². The van der Waals surface area contributed by atoms with Crippen molar-refractivity contribution in [2.45, 2.75) is 6.42 Å². The van der Waals surface area contributed by atoms with Crippen LogP contribution in [0.1, 0.15) is 5.82 Å². The normalized spacial score (nSPS) is 10.8. The van der Waals surface area contributed by atoms with Gasteiger partial charge in [-0.05, 0) is 35.1 Å². The SMILES string of the molecule is CNCCc1noc(-c2cccc(Br)c2Cl)n1. The molecule has 6 heteroatoms. The van der Waals surface area contributed by atoms with Crippen LogP contribution < -0.4 is 5.32 Å². The Labute approximate surface area is 112 Å². The van der Waals surface area contributed by atoms with E-state index in [9.17, 15) is 0 Å². The summed E-state index contributed by atoms with van der Waals surface area (Å²) in [7, 11) is 1.88. The van der Waals surface area contributed by atoms with Crippen LogP contribution in [0.15, 0.2) is 27.2 Å². The molecule has 2 rings (SSSR count). The second-order valence-corrected chi connectivity index (χ2v) is 4.70. The Balaban J connectivity index is 2.27. The predicted octanol–water partition coefficient (Wildman–Crippen LogP) is 2.91. The van der Waals surface area contributed by atoms with E-state index in [1.807, 2.05) is 25.2 Å². The smallest absolute Gasteiger partial charge is 0.259 e. The summed E-state index contributed by atoms with van der Waals surface area (Å²) < 4.78 is 6.00. The van der Waals surface area contributed by atoms with Gasteiger partial charge in [0, 0.05) is 17.4 Å². The molecular weight excluding hydrogens is 305 g/mol. The predicted molar refractivity (Wildman–Crippen MR) is 70.1 cm³/mol. The van der Waals surface area contributed by atoms with E-state index in [1.54, 1.807) is 0 Å². The molecule has 0 aliphatic rings. The van der Waals surface area contributed by atoms with Crippen LogP contribution in [-0.4, -0.2) is 23.7 Å². The molecule has 0 bridgehead atoms. The van der Waals surface area contributed by atoms with E-state index in [1.165, 1.54) is 0 Å². The van der Waals surface area contributed by atoms with Crippen LogP contribution in [0.2, 0.25) is 5.02 Å². The summed E-state index contributed by atoms with van der Waals surface area (Å²) in [5.74, 6) is 1.12. The Bertz CT molecular complexity index is 515. The van der Waals surface area contributed by atoms with Crippen molar-refractivity contribution in [1.29, 1.82) is 0 Å². The first kappa shape index (κ1) is 12.5. The van der Waals surface area contributed by atoms with Gasteiger partial charge in [-0.2, -0.15) is 4.98 Å². The number of nitrogens with one attached hydrogen (secondary N) is 1. The summed E-state index contributed by atoms with van der Waals surface area (Å²) in [6.07, 6.45) is 0.728. The van der Waals surface area contributed by atoms with Gasteiger partial charge < -0.3 is 9.84 Å². The Morgan fingerprint density at radius 3 is 3.06 bits per heavy atom. The summed E-state index contributed by atoms with van der Waals surface area (Å²) in [6.45, 7) is 0.811. The molecule has 90 valence electrons. The molecule has 0 saturated heterocycles. The number of nitrogens with zero attached hydrogens (tertiary/aromatic N) is 2. The van der Waals surface area contributed by atoms with Gasteiger partial charge in [-0.1, -0.05) is 22.8 Å². The molecule has 1 N–H and O–H groups in total. The van der Waals surface area contributed by atoms with Crippen LogP contribution in [0.4, 0.5) is 0 Å². The molecule has 1 aromatic carbocycles. The fraction of sp³-hybridized carbons (Fsp3) is 0.273. The van der Waals surface area contributed by atoms with Gasteiger partial charge >= 0.3 is 0 Å². The Morgan fingerprint density at radius 1 is 1.47 bits per heavy atom. The molecule has 2 aromatic rings. The van der Waals surface area contributed by atoms with E-state index in [0.717, 1.165) is 23.0 Å². The zero-order chi connectivity index (χ0) is 12.3. The van der Waals surface area contributed by atoms with Crippen molar-refractivity contribution in [3.05, 3.63) is 33.5 Å². The maximum absolute atomic E-state index is 6.15. The zero-order valence-electron chi connectivity index (χ0n) is 9.20. The number of aromatic nitrogens is 2. The topological polar surface area (TPSA) is 51.0 Å². The lowest BCUT2D eigenvalue weighted by Gasteiger charge is -1.99. The number of benzene rings is 1. The fourth-order valence-electron chi connectivity index (χ4n) is 1.37. The fourth-order valence-corrected chi connectivity index (χ4v) is 1.94. The lowest BCUT2D eigenvalue weighted by Crippen LogP contribution is -2.10. The first-order valence-electron chi connectivity index (χ1n) is 5.14. The van der Waals surface area contributed by atoms with Crippen molar-refractivity contribution >= 4 is 27.5 Å². The van der Waals surface area contributed by atoms with E-state index >= 15 is 0 Å². The molecule has 0 saturated carbocycles. The molecule has 0 atom stereocenters. The molecular formula is C11H11BrClN3O. The second-order valence-electron chi connectivity index (χ2n) is 3.47. The first-order valence-corrected chi connectivity index (χ1v) is 6.31. The van der Waals surface area contributed by atoms with E-state index in [4.69, 9.17) is 16.1 Å². The van der Waals surface area contributed by atoms with E-state index in [-0.39, 0.29) is 0 Å². The molecule has 17 heavy (non-hydrogen) atoms. The summed E-state index contributed by atoms with van der Waals surface area (Å²) in [6, 6.07) is 5.59. The average molecular weight is 317 g/mol. The number of rotatable bonds is 4. The van der Waals surface area contributed by atoms with Crippen LogP contribution in [0, 0.1) is 0 Å². The van der Waals surface area contributed by atoms with Gasteiger partial charge in [0.1, 0.15) is 0 Å². The standard InChI is InChI=1S/C11H11BrClN3O/c1-14-6-5-9-15-11(17-16-9)7-3-2-4-8(12)10(7)13/h2-4,14H,5-6H2,1H3. The third kappa shape index (κ3) is 2.86. The number of hydrogen-bond acceptors (Lipinski definition) is 4. The van der Waals surface area contributed by atoms with Crippen molar-refractivity contribution < 1.29 is 4.52 Å². The van der Waals surface area contributed by atoms with Gasteiger partial charge in [0.2, 0.25) is 0 Å². The minimum absolute atomic E-state index is 0.447. The van der Waals surface area contributed by atoms with Crippen molar-refractivity contribution in [3.63, 3.8) is 0 Å². The lowest BCUT2D eigenvalue weighted by atomic mass is 10.2. The Hall–Kier alpha value is -0.910. The first-order chi connectivity index (χ1) is 8.22. The van der Waals surface area contributed by atoms with E-state index in [0.29, 0.717) is 16.7 Å². The summed E-state index contributed by atoms with van der Waals surface area (Å²) >= 11 is 9.51. The van der Waals surface area contributed by atoms with Gasteiger partial charge in [0.25, 0.3) is 5.89 Å². The number of halogens is 2. The third-order valence-electron chi connectivity index (χ3n) is 2.25. The Morgan fingerprint density at radius 2 is 2.29 bits per heavy atom. The molecule has 0 unspecified atom stereocenters. The highest BCUT2D eigenvalue weighted by atomic mass is 79.9. The van der Waals surface area contributed by atoms with Crippen molar-refractivity contribution in [3.8, 4) is 11.5 Å². The molecule has 0 fully saturated rings. The van der Waals surface area contributed by atoms with Crippen LogP contribution in [0.5, 0.6) is 0 Å². The van der Waals surface area contributed by atoms with Crippen LogP contribution in [0.25, 0.3) is 11.5 Å². The maximum Gasteiger partial charge on any atom is 0.259 e. The highest BCUT2D eigenvalue weighted by Crippen LogP contribution is 2.32. The Kier molecular flexibility index (Phi) is 4.15. The van der Waals surface area contributed by atoms with Crippen molar-refractivity contribution in [2.75, 3.05) is 13.6 Å². The van der Waals surface area contributed by atoms with Crippen LogP contribution in [-0.2, 0) is 6.42 Å². The maximum atomic E-state index is 6.15. The van der Waals surface area contributed by atoms with Gasteiger partial charge in [0.15, 0.2) is 5.82 Å². The minimum Gasteiger partial charge on any atom is -0.334 e. The van der Waals surface area contributed by atoms with Gasteiger partial charge in [-0.15, -0.1) is 0 Å². The summed E-state index contributed by atoms with van der Waals surface area (Å²) in [4.78, 5) is 4.30. The molecule has 1 aromatic heterocycles. The highest BCUT2D eigenvalue weighted by Gasteiger charge is 2.13. The monoisotopic (exact) mass is 315 g/mol. The zero-order valence-corrected chi connectivity index (χ0v) is 11.5. The van der Waals surface area contributed by atoms with Gasteiger partial charge in [-0.3, -0.25) is 0 Å². The largest absolute Gasteiger partial charge is 0.334 e. The molecule has 0 radical (unpaired) electrons. The lowest BCUT2D eigenvalue weighted by molar-refractivity contribution is 0.422. The van der Waals surface area contributed by atoms with Gasteiger partial charge in [0.05, 0.1) is 10.6 Å². The van der Waals surface area contributed by atoms with E-state index < -0.39 is 0 Å². The molecule has 0 aliphatic carbocycles. The van der Waals surface area contributed by atoms with Gasteiger partial charge in [-0.25, -0.2) is 0 Å². The van der Waals surface area contributed by atoms with Crippen LogP contribution >= 0.6 is 27.5 Å². The summed E-state index contributed by atoms with van der Waals surface area (Å²) in [5, 5.41) is 7.51. The van der Waals surface area contributed by atoms with E-state index in [2.05, 4.69) is 31.4 Å². The third-order valence-corrected chi connectivity index (χ3v) is 3.55. The van der Waals surface area contributed by atoms with Crippen molar-refractivity contribution in [2.24, 2.45) is 0 Å². The summed E-state index contributed by atoms with van der Waals surface area (Å²) in [5.41, 5.74) is 0.740. The highest BCUT2D eigenvalue weighted by molar-refractivity contribution is 9.10. The molecule has 0 aliphatic heterocycles. The second kappa shape index (κ2) is 5.62. The minimum atomic E-state index is 0.447. The quantitative estimate of drug-likeness (QED) is 0.942. The number of likely N-dealkylation sites (N-methyl/N-ethyl adjacent to an activating group) is 1. The molecule has 4 nitrogen and oxygen atoms in total. The average Bonchev–Trinajstić information content (AvgIpc) is 2.78. The van der Waals surface area contributed by atoms with Crippen molar-refractivity contribution in [1.82, 2.24) is 15.5 Å². The molecule has 1 heterocycles. The molecule has 0 amide bonds.